The van der Waals surface area contributed by atoms with Crippen molar-refractivity contribution in [3.63, 3.8) is 0 Å². The number of rotatable bonds is 5. The number of benzene rings is 2. The van der Waals surface area contributed by atoms with Gasteiger partial charge in [0, 0.05) is 0 Å². The van der Waals surface area contributed by atoms with Crippen molar-refractivity contribution in [2.24, 2.45) is 0 Å². The van der Waals surface area contributed by atoms with Crippen LogP contribution in [0.4, 0.5) is 0 Å². The smallest absolute Gasteiger partial charge is 0.311 e. The van der Waals surface area contributed by atoms with E-state index in [1.54, 1.807) is 42.5 Å². The van der Waals surface area contributed by atoms with E-state index in [0.717, 1.165) is 0 Å². The van der Waals surface area contributed by atoms with Gasteiger partial charge in [0.2, 0.25) is 0 Å². The van der Waals surface area contributed by atoms with Crippen LogP contribution in [-0.2, 0) is 11.2 Å². The van der Waals surface area contributed by atoms with E-state index < -0.39 is 11.9 Å². The molecular weight excluding hydrogens is 256 g/mol. The molecule has 20 heavy (non-hydrogen) atoms. The summed E-state index contributed by atoms with van der Waals surface area (Å²) in [7, 11) is 1.46. The van der Waals surface area contributed by atoms with Crippen molar-refractivity contribution in [2.45, 2.75) is 12.3 Å². The summed E-state index contributed by atoms with van der Waals surface area (Å²) in [5, 5.41) is 19.4. The first-order chi connectivity index (χ1) is 9.63. The second-order valence-electron chi connectivity index (χ2n) is 4.47. The van der Waals surface area contributed by atoms with E-state index in [-0.39, 0.29) is 12.2 Å². The van der Waals surface area contributed by atoms with Crippen LogP contribution in [0.15, 0.2) is 48.5 Å². The highest BCUT2D eigenvalue weighted by atomic mass is 16.5. The normalized spacial score (nSPS) is 11.8. The highest BCUT2D eigenvalue weighted by Gasteiger charge is 2.22. The molecule has 0 saturated heterocycles. The predicted molar refractivity (Wildman–Crippen MR) is 75.2 cm³/mol. The molecular formula is C16H16O4. The van der Waals surface area contributed by atoms with E-state index in [9.17, 15) is 15.0 Å². The molecule has 0 aliphatic heterocycles. The number of para-hydroxylation sites is 1. The fourth-order valence-electron chi connectivity index (χ4n) is 2.15. The van der Waals surface area contributed by atoms with Gasteiger partial charge >= 0.3 is 5.97 Å². The van der Waals surface area contributed by atoms with E-state index in [4.69, 9.17) is 4.74 Å². The van der Waals surface area contributed by atoms with Gasteiger partial charge in [-0.05, 0) is 23.6 Å². The van der Waals surface area contributed by atoms with Crippen LogP contribution >= 0.6 is 0 Å². The molecule has 0 aliphatic carbocycles. The molecule has 0 amide bonds. The Hall–Kier alpha value is -2.49. The van der Waals surface area contributed by atoms with Crippen molar-refractivity contribution in [1.29, 1.82) is 0 Å². The number of carboxylic acid groups (broad SMARTS) is 1. The summed E-state index contributed by atoms with van der Waals surface area (Å²) in [5.74, 6) is -1.27. The quantitative estimate of drug-likeness (QED) is 0.878. The Bertz CT molecular complexity index is 593. The van der Waals surface area contributed by atoms with Crippen molar-refractivity contribution >= 4 is 5.97 Å². The lowest BCUT2D eigenvalue weighted by Crippen LogP contribution is -2.14. The molecule has 0 spiro atoms. The molecule has 2 rings (SSSR count). The summed E-state index contributed by atoms with van der Waals surface area (Å²) >= 11 is 0. The van der Waals surface area contributed by atoms with Gasteiger partial charge in [-0.1, -0.05) is 42.5 Å². The van der Waals surface area contributed by atoms with Crippen molar-refractivity contribution in [2.75, 3.05) is 7.11 Å². The molecule has 0 aliphatic rings. The average molecular weight is 272 g/mol. The zero-order valence-electron chi connectivity index (χ0n) is 11.1. The summed E-state index contributed by atoms with van der Waals surface area (Å²) in [6.07, 6.45) is 0.211. The first-order valence-corrected chi connectivity index (χ1v) is 6.26. The van der Waals surface area contributed by atoms with Crippen molar-refractivity contribution in [3.05, 3.63) is 59.7 Å². The van der Waals surface area contributed by atoms with Crippen LogP contribution in [0.2, 0.25) is 0 Å². The van der Waals surface area contributed by atoms with Crippen molar-refractivity contribution in [3.8, 4) is 11.5 Å². The zero-order chi connectivity index (χ0) is 14.5. The molecule has 0 bridgehead atoms. The Labute approximate surface area is 117 Å². The van der Waals surface area contributed by atoms with Gasteiger partial charge < -0.3 is 14.9 Å². The Morgan fingerprint density at radius 1 is 1.15 bits per heavy atom. The van der Waals surface area contributed by atoms with Gasteiger partial charge in [0.05, 0.1) is 13.0 Å². The number of aliphatic carboxylic acids is 1. The molecule has 0 aromatic heterocycles. The Morgan fingerprint density at radius 2 is 1.85 bits per heavy atom. The van der Waals surface area contributed by atoms with E-state index >= 15 is 0 Å². The third-order valence-corrected chi connectivity index (χ3v) is 3.23. The van der Waals surface area contributed by atoms with Gasteiger partial charge in [0.15, 0.2) is 11.5 Å². The molecule has 1 unspecified atom stereocenters. The van der Waals surface area contributed by atoms with Crippen LogP contribution in [0.3, 0.4) is 0 Å². The number of hydrogen-bond acceptors (Lipinski definition) is 3. The maximum Gasteiger partial charge on any atom is 0.311 e. The SMILES string of the molecule is COc1cccc(CC(C(=O)O)c2ccccc2)c1O. The maximum absolute atomic E-state index is 11.5. The predicted octanol–water partition coefficient (Wildman–Crippen LogP) is 2.81. The summed E-state index contributed by atoms with van der Waals surface area (Å²) < 4.78 is 5.04. The molecule has 4 nitrogen and oxygen atoms in total. The van der Waals surface area contributed by atoms with E-state index in [2.05, 4.69) is 0 Å². The van der Waals surface area contributed by atoms with Crippen LogP contribution < -0.4 is 4.74 Å². The molecule has 2 N–H and O–H groups in total. The lowest BCUT2D eigenvalue weighted by molar-refractivity contribution is -0.138. The standard InChI is InChI=1S/C16H16O4/c1-20-14-9-5-8-12(15(14)17)10-13(16(18)19)11-6-3-2-4-7-11/h2-9,13,17H,10H2,1H3,(H,18,19). The second kappa shape index (κ2) is 6.10. The number of ether oxygens (including phenoxy) is 1. The van der Waals surface area contributed by atoms with Gasteiger partial charge in [0.25, 0.3) is 0 Å². The van der Waals surface area contributed by atoms with Gasteiger partial charge in [-0.25, -0.2) is 0 Å². The van der Waals surface area contributed by atoms with Crippen molar-refractivity contribution < 1.29 is 19.7 Å². The summed E-state index contributed by atoms with van der Waals surface area (Å²) in [6.45, 7) is 0. The molecule has 1 atom stereocenters. The van der Waals surface area contributed by atoms with E-state index in [1.807, 2.05) is 6.07 Å². The number of methoxy groups -OCH3 is 1. The van der Waals surface area contributed by atoms with Crippen LogP contribution in [0, 0.1) is 0 Å². The number of phenols is 1. The molecule has 104 valence electrons. The summed E-state index contributed by atoms with van der Waals surface area (Å²) in [4.78, 5) is 11.5. The Balaban J connectivity index is 2.33. The summed E-state index contributed by atoms with van der Waals surface area (Å²) in [5.41, 5.74) is 1.27. The first kappa shape index (κ1) is 13.9. The number of carboxylic acids is 1. The largest absolute Gasteiger partial charge is 0.504 e. The van der Waals surface area contributed by atoms with Gasteiger partial charge in [0.1, 0.15) is 0 Å². The first-order valence-electron chi connectivity index (χ1n) is 6.26. The van der Waals surface area contributed by atoms with Gasteiger partial charge in [-0.15, -0.1) is 0 Å². The lowest BCUT2D eigenvalue weighted by Gasteiger charge is -2.15. The van der Waals surface area contributed by atoms with Gasteiger partial charge in [-0.3, -0.25) is 4.79 Å². The Kier molecular flexibility index (Phi) is 4.25. The molecule has 4 heteroatoms. The fourth-order valence-corrected chi connectivity index (χ4v) is 2.15. The lowest BCUT2D eigenvalue weighted by atomic mass is 9.91. The molecule has 0 saturated carbocycles. The molecule has 2 aromatic carbocycles. The third kappa shape index (κ3) is 2.91. The van der Waals surface area contributed by atoms with E-state index in [0.29, 0.717) is 16.9 Å². The minimum Gasteiger partial charge on any atom is -0.504 e. The minimum absolute atomic E-state index is 0.00261. The fraction of sp³-hybridized carbons (Fsp3) is 0.188. The van der Waals surface area contributed by atoms with Gasteiger partial charge in [-0.2, -0.15) is 0 Å². The number of hydrogen-bond donors (Lipinski definition) is 2. The Morgan fingerprint density at radius 3 is 2.45 bits per heavy atom. The number of carbonyl (C=O) groups is 1. The van der Waals surface area contributed by atoms with Crippen LogP contribution in [0.25, 0.3) is 0 Å². The van der Waals surface area contributed by atoms with Crippen LogP contribution in [-0.4, -0.2) is 23.3 Å². The maximum atomic E-state index is 11.5. The summed E-state index contributed by atoms with van der Waals surface area (Å²) in [6, 6.07) is 14.1. The molecule has 0 heterocycles. The minimum atomic E-state index is -0.918. The molecule has 0 fully saturated rings. The third-order valence-electron chi connectivity index (χ3n) is 3.23. The molecule has 0 radical (unpaired) electrons. The average Bonchev–Trinajstić information content (AvgIpc) is 2.46. The number of phenolic OH excluding ortho intramolecular Hbond substituents is 1. The van der Waals surface area contributed by atoms with Crippen molar-refractivity contribution in [1.82, 2.24) is 0 Å². The van der Waals surface area contributed by atoms with E-state index in [1.165, 1.54) is 7.11 Å². The highest BCUT2D eigenvalue weighted by molar-refractivity contribution is 5.76. The topological polar surface area (TPSA) is 66.8 Å². The second-order valence-corrected chi connectivity index (χ2v) is 4.47. The van der Waals surface area contributed by atoms with Crippen LogP contribution in [0.1, 0.15) is 17.0 Å². The molecule has 2 aromatic rings. The zero-order valence-corrected chi connectivity index (χ0v) is 11.1. The monoisotopic (exact) mass is 272 g/mol. The van der Waals surface area contributed by atoms with Crippen LogP contribution in [0.5, 0.6) is 11.5 Å². The number of aromatic hydroxyl groups is 1. The highest BCUT2D eigenvalue weighted by Crippen LogP contribution is 2.33.